The van der Waals surface area contributed by atoms with Gasteiger partial charge in [-0.05, 0) is 28.1 Å². The normalized spacial score (nSPS) is 11.4. The monoisotopic (exact) mass is 259 g/mol. The van der Waals surface area contributed by atoms with Gasteiger partial charge in [-0.1, -0.05) is 48.5 Å². The van der Waals surface area contributed by atoms with E-state index in [4.69, 9.17) is 0 Å². The third-order valence-corrected chi connectivity index (χ3v) is 2.63. The predicted molar refractivity (Wildman–Crippen MR) is 68.0 cm³/mol. The van der Waals surface area contributed by atoms with E-state index < -0.39 is 0 Å². The van der Waals surface area contributed by atoms with Gasteiger partial charge >= 0.3 is 0 Å². The first kappa shape index (κ1) is 10.1. The zero-order valence-electron chi connectivity index (χ0n) is 8.10. The number of aliphatic imine (C=N–C) groups is 1. The number of rotatable bonds is 2. The minimum Gasteiger partial charge on any atom is -0.241 e. The van der Waals surface area contributed by atoms with Gasteiger partial charge in [0.1, 0.15) is 4.62 Å². The molecule has 0 atom stereocenters. The molecule has 2 heteroatoms. The van der Waals surface area contributed by atoms with Crippen LogP contribution in [-0.2, 0) is 0 Å². The van der Waals surface area contributed by atoms with Crippen molar-refractivity contribution >= 4 is 26.2 Å². The second-order valence-electron chi connectivity index (χ2n) is 3.10. The Bertz CT molecular complexity index is 448. The van der Waals surface area contributed by atoms with Gasteiger partial charge in [0.2, 0.25) is 0 Å². The molecule has 0 aliphatic carbocycles. The molecule has 0 aromatic heterocycles. The quantitative estimate of drug-likeness (QED) is 0.719. The summed E-state index contributed by atoms with van der Waals surface area (Å²) >= 11 is 3.47. The average Bonchev–Trinajstić information content (AvgIpc) is 2.31. The molecule has 2 rings (SSSR count). The molecule has 0 aliphatic heterocycles. The molecule has 2 aromatic rings. The van der Waals surface area contributed by atoms with Crippen LogP contribution in [0.2, 0.25) is 0 Å². The zero-order chi connectivity index (χ0) is 10.5. The highest BCUT2D eigenvalue weighted by molar-refractivity contribution is 9.18. The lowest BCUT2D eigenvalue weighted by molar-refractivity contribution is 1.52. The maximum atomic E-state index is 4.46. The maximum Gasteiger partial charge on any atom is 0.113 e. The minimum absolute atomic E-state index is 0.856. The van der Waals surface area contributed by atoms with Crippen molar-refractivity contribution in [1.82, 2.24) is 0 Å². The molecule has 74 valence electrons. The van der Waals surface area contributed by atoms with Crippen LogP contribution in [0.15, 0.2) is 65.7 Å². The Morgan fingerprint density at radius 2 is 1.33 bits per heavy atom. The Morgan fingerprint density at radius 1 is 0.800 bits per heavy atom. The van der Waals surface area contributed by atoms with Crippen molar-refractivity contribution in [3.05, 3.63) is 66.2 Å². The summed E-state index contributed by atoms with van der Waals surface area (Å²) in [5, 5.41) is 0. The number of nitrogens with zero attached hydrogens (tertiary/aromatic N) is 1. The Labute approximate surface area is 97.6 Å². The van der Waals surface area contributed by atoms with Gasteiger partial charge in [-0.3, -0.25) is 0 Å². The van der Waals surface area contributed by atoms with E-state index >= 15 is 0 Å². The topological polar surface area (TPSA) is 12.4 Å². The van der Waals surface area contributed by atoms with E-state index in [0.717, 1.165) is 15.9 Å². The van der Waals surface area contributed by atoms with Crippen LogP contribution in [0.1, 0.15) is 5.56 Å². The Kier molecular flexibility index (Phi) is 3.30. The summed E-state index contributed by atoms with van der Waals surface area (Å²) in [4.78, 5) is 4.46. The van der Waals surface area contributed by atoms with E-state index in [2.05, 4.69) is 20.9 Å². The van der Waals surface area contributed by atoms with E-state index in [-0.39, 0.29) is 0 Å². The van der Waals surface area contributed by atoms with E-state index in [1.165, 1.54) is 0 Å². The van der Waals surface area contributed by atoms with Crippen molar-refractivity contribution in [1.29, 1.82) is 0 Å². The Balaban J connectivity index is 2.29. The van der Waals surface area contributed by atoms with Crippen LogP contribution in [-0.4, -0.2) is 4.62 Å². The Morgan fingerprint density at radius 3 is 1.93 bits per heavy atom. The summed E-state index contributed by atoms with van der Waals surface area (Å²) in [5.41, 5.74) is 2.04. The molecule has 0 unspecified atom stereocenters. The SMILES string of the molecule is BrC(=Nc1ccccc1)c1ccccc1. The first-order valence-corrected chi connectivity index (χ1v) is 5.50. The largest absolute Gasteiger partial charge is 0.241 e. The van der Waals surface area contributed by atoms with Gasteiger partial charge < -0.3 is 0 Å². The maximum absolute atomic E-state index is 4.46. The number of benzene rings is 2. The third-order valence-electron chi connectivity index (χ3n) is 2.00. The smallest absolute Gasteiger partial charge is 0.113 e. The molecular formula is C13H10BrN. The highest BCUT2D eigenvalue weighted by Gasteiger charge is 1.97. The molecular weight excluding hydrogens is 250 g/mol. The fourth-order valence-electron chi connectivity index (χ4n) is 1.26. The molecule has 0 heterocycles. The lowest BCUT2D eigenvalue weighted by atomic mass is 10.2. The summed E-state index contributed by atoms with van der Waals surface area (Å²) in [7, 11) is 0. The lowest BCUT2D eigenvalue weighted by Gasteiger charge is -1.98. The van der Waals surface area contributed by atoms with Crippen LogP contribution in [0.3, 0.4) is 0 Å². The molecule has 0 aliphatic rings. The highest BCUT2D eigenvalue weighted by Crippen LogP contribution is 2.15. The number of hydrogen-bond donors (Lipinski definition) is 0. The third kappa shape index (κ3) is 2.77. The fraction of sp³-hybridized carbons (Fsp3) is 0. The standard InChI is InChI=1S/C13H10BrN/c14-13(11-7-3-1-4-8-11)15-12-9-5-2-6-10-12/h1-10H. The van der Waals surface area contributed by atoms with Crippen LogP contribution in [0.4, 0.5) is 5.69 Å². The first-order valence-electron chi connectivity index (χ1n) is 4.71. The minimum atomic E-state index is 0.856. The van der Waals surface area contributed by atoms with Gasteiger partial charge in [0.25, 0.3) is 0 Å². The Hall–Kier alpha value is -1.41. The van der Waals surface area contributed by atoms with Crippen LogP contribution >= 0.6 is 15.9 Å². The first-order chi connectivity index (χ1) is 7.36. The van der Waals surface area contributed by atoms with Gasteiger partial charge in [0, 0.05) is 5.56 Å². The number of halogens is 1. The second-order valence-corrected chi connectivity index (χ2v) is 3.86. The number of hydrogen-bond acceptors (Lipinski definition) is 1. The van der Waals surface area contributed by atoms with Crippen molar-refractivity contribution in [3.63, 3.8) is 0 Å². The molecule has 1 nitrogen and oxygen atoms in total. The summed E-state index contributed by atoms with van der Waals surface area (Å²) in [6.07, 6.45) is 0. The van der Waals surface area contributed by atoms with Crippen LogP contribution in [0.5, 0.6) is 0 Å². The molecule has 0 amide bonds. The van der Waals surface area contributed by atoms with Gasteiger partial charge in [-0.25, -0.2) is 4.99 Å². The van der Waals surface area contributed by atoms with Crippen LogP contribution in [0, 0.1) is 0 Å². The summed E-state index contributed by atoms with van der Waals surface area (Å²) in [5.74, 6) is 0. The lowest BCUT2D eigenvalue weighted by Crippen LogP contribution is -1.87. The summed E-state index contributed by atoms with van der Waals surface area (Å²) in [6.45, 7) is 0. The molecule has 0 saturated heterocycles. The molecule has 0 bridgehead atoms. The van der Waals surface area contributed by atoms with E-state index in [0.29, 0.717) is 0 Å². The second kappa shape index (κ2) is 4.89. The summed E-state index contributed by atoms with van der Waals surface area (Å²) in [6, 6.07) is 19.9. The van der Waals surface area contributed by atoms with E-state index in [9.17, 15) is 0 Å². The van der Waals surface area contributed by atoms with E-state index in [1.54, 1.807) is 0 Å². The van der Waals surface area contributed by atoms with E-state index in [1.807, 2.05) is 60.7 Å². The van der Waals surface area contributed by atoms with Crippen molar-refractivity contribution in [2.75, 3.05) is 0 Å². The average molecular weight is 260 g/mol. The van der Waals surface area contributed by atoms with Crippen molar-refractivity contribution in [3.8, 4) is 0 Å². The molecule has 0 spiro atoms. The van der Waals surface area contributed by atoms with Crippen molar-refractivity contribution in [2.24, 2.45) is 4.99 Å². The molecule has 0 fully saturated rings. The fourth-order valence-corrected chi connectivity index (χ4v) is 1.73. The summed E-state index contributed by atoms with van der Waals surface area (Å²) < 4.78 is 0.856. The van der Waals surface area contributed by atoms with Gasteiger partial charge in [0.05, 0.1) is 5.69 Å². The van der Waals surface area contributed by atoms with Crippen LogP contribution < -0.4 is 0 Å². The zero-order valence-corrected chi connectivity index (χ0v) is 9.68. The van der Waals surface area contributed by atoms with Gasteiger partial charge in [0.15, 0.2) is 0 Å². The molecule has 15 heavy (non-hydrogen) atoms. The van der Waals surface area contributed by atoms with Crippen molar-refractivity contribution in [2.45, 2.75) is 0 Å². The van der Waals surface area contributed by atoms with Gasteiger partial charge in [-0.2, -0.15) is 0 Å². The van der Waals surface area contributed by atoms with Crippen LogP contribution in [0.25, 0.3) is 0 Å². The van der Waals surface area contributed by atoms with Gasteiger partial charge in [-0.15, -0.1) is 0 Å². The molecule has 0 saturated carbocycles. The molecule has 0 radical (unpaired) electrons. The highest BCUT2D eigenvalue weighted by atomic mass is 79.9. The van der Waals surface area contributed by atoms with Crippen molar-refractivity contribution < 1.29 is 0 Å². The number of para-hydroxylation sites is 1. The molecule has 2 aromatic carbocycles. The predicted octanol–water partition coefficient (Wildman–Crippen LogP) is 4.16. The molecule has 0 N–H and O–H groups in total.